The fourth-order valence-electron chi connectivity index (χ4n) is 3.27. The largest absolute Gasteiger partial charge is 0.439 e. The van der Waals surface area contributed by atoms with Crippen molar-refractivity contribution in [3.05, 3.63) is 11.3 Å². The molecular weight excluding hydrogens is 361 g/mol. The molecule has 1 heterocycles. The first-order chi connectivity index (χ1) is 11.3. The maximum atomic E-state index is 13.6. The Hall–Kier alpha value is -1.49. The molecule has 1 aliphatic heterocycles. The van der Waals surface area contributed by atoms with E-state index in [2.05, 4.69) is 5.10 Å². The van der Waals surface area contributed by atoms with E-state index < -0.39 is 72.4 Å². The van der Waals surface area contributed by atoms with Gasteiger partial charge < -0.3 is 10.2 Å². The van der Waals surface area contributed by atoms with E-state index in [-0.39, 0.29) is 6.42 Å². The average Bonchev–Trinajstić information content (AvgIpc) is 2.91. The molecule has 0 radical (unpaired) electrons. The molecule has 3 atom stereocenters. The Bertz CT molecular complexity index is 681. The summed E-state index contributed by atoms with van der Waals surface area (Å²) in [5, 5.41) is 22.2. The van der Waals surface area contributed by atoms with Gasteiger partial charge >= 0.3 is 6.18 Å². The first-order valence-electron chi connectivity index (χ1n) is 7.48. The molecule has 3 rings (SSSR count). The molecule has 0 saturated heterocycles. The second kappa shape index (κ2) is 5.50. The Morgan fingerprint density at radius 1 is 1.12 bits per heavy atom. The van der Waals surface area contributed by atoms with E-state index in [0.717, 1.165) is 6.21 Å². The maximum absolute atomic E-state index is 13.6. The zero-order valence-electron chi connectivity index (χ0n) is 12.6. The molecule has 0 aromatic carbocycles. The molecule has 140 valence electrons. The van der Waals surface area contributed by atoms with E-state index in [0.29, 0.717) is 4.68 Å². The van der Waals surface area contributed by atoms with Gasteiger partial charge in [-0.1, -0.05) is 4.68 Å². The van der Waals surface area contributed by atoms with Crippen molar-refractivity contribution < 1.29 is 45.6 Å². The molecule has 1 fully saturated rings. The number of hydrogen-bond acceptors (Lipinski definition) is 3. The van der Waals surface area contributed by atoms with Crippen molar-refractivity contribution in [1.29, 1.82) is 0 Å². The van der Waals surface area contributed by atoms with Crippen molar-refractivity contribution in [2.45, 2.75) is 55.9 Å². The normalized spacial score (nSPS) is 36.0. The van der Waals surface area contributed by atoms with Gasteiger partial charge in [0.1, 0.15) is 12.5 Å². The summed E-state index contributed by atoms with van der Waals surface area (Å²) in [6.45, 7) is 0. The van der Waals surface area contributed by atoms with Crippen molar-refractivity contribution >= 4 is 11.9 Å². The van der Waals surface area contributed by atoms with Crippen molar-refractivity contribution in [2.24, 2.45) is 11.0 Å². The minimum absolute atomic E-state index is 0.140. The van der Waals surface area contributed by atoms with Gasteiger partial charge in [-0.15, -0.1) is 0 Å². The van der Waals surface area contributed by atoms with Gasteiger partial charge in [-0.2, -0.15) is 13.2 Å². The smallest absolute Gasteiger partial charge is 0.387 e. The van der Waals surface area contributed by atoms with E-state index in [1.165, 1.54) is 0 Å². The number of halogens is 7. The van der Waals surface area contributed by atoms with Gasteiger partial charge in [0, 0.05) is 17.4 Å². The molecule has 2 N–H and O–H groups in total. The minimum Gasteiger partial charge on any atom is -0.387 e. The van der Waals surface area contributed by atoms with Crippen LogP contribution in [-0.2, 0) is 0 Å². The van der Waals surface area contributed by atoms with Gasteiger partial charge in [0.05, 0.1) is 5.57 Å². The van der Waals surface area contributed by atoms with Crippen LogP contribution in [0.15, 0.2) is 16.4 Å². The predicted octanol–water partition coefficient (Wildman–Crippen LogP) is 2.45. The van der Waals surface area contributed by atoms with Gasteiger partial charge in [-0.25, -0.2) is 17.6 Å². The average molecular weight is 375 g/mol. The summed E-state index contributed by atoms with van der Waals surface area (Å²) in [6.07, 6.45) is -11.0. The molecule has 1 unspecified atom stereocenters. The lowest BCUT2D eigenvalue weighted by Gasteiger charge is -2.30. The third-order valence-electron chi connectivity index (χ3n) is 4.61. The second-order valence-electron chi connectivity index (χ2n) is 6.45. The fourth-order valence-corrected chi connectivity index (χ4v) is 3.27. The lowest BCUT2D eigenvalue weighted by Crippen LogP contribution is -2.40. The Labute approximate surface area is 136 Å². The Kier molecular flexibility index (Phi) is 4.03. The molecule has 3 aliphatic rings. The molecule has 0 aromatic heterocycles. The van der Waals surface area contributed by atoms with Crippen LogP contribution < -0.4 is 0 Å². The van der Waals surface area contributed by atoms with Crippen LogP contribution >= 0.6 is 0 Å². The van der Waals surface area contributed by atoms with Crippen LogP contribution in [0.2, 0.25) is 0 Å². The van der Waals surface area contributed by atoms with Crippen molar-refractivity contribution in [3.8, 4) is 0 Å². The highest BCUT2D eigenvalue weighted by atomic mass is 19.4. The van der Waals surface area contributed by atoms with Gasteiger partial charge in [0.15, 0.2) is 12.3 Å². The van der Waals surface area contributed by atoms with Gasteiger partial charge in [-0.3, -0.25) is 0 Å². The topological polar surface area (TPSA) is 55.8 Å². The molecule has 25 heavy (non-hydrogen) atoms. The van der Waals surface area contributed by atoms with Crippen molar-refractivity contribution in [1.82, 2.24) is 0 Å². The summed E-state index contributed by atoms with van der Waals surface area (Å²) in [7, 11) is 0. The monoisotopic (exact) mass is 375 g/mol. The third-order valence-corrected chi connectivity index (χ3v) is 4.61. The first kappa shape index (κ1) is 18.3. The third kappa shape index (κ3) is 3.07. The number of hydrazone groups is 1. The molecule has 11 heteroatoms. The predicted molar refractivity (Wildman–Crippen MR) is 70.7 cm³/mol. The van der Waals surface area contributed by atoms with E-state index in [1.54, 1.807) is 0 Å². The minimum atomic E-state index is -5.05. The Morgan fingerprint density at radius 3 is 2.32 bits per heavy atom. The fraction of sp³-hybridized carbons (Fsp3) is 0.714. The molecule has 0 spiro atoms. The number of aliphatic hydroxyl groups excluding tert-OH is 2. The van der Waals surface area contributed by atoms with Crippen LogP contribution in [0.25, 0.3) is 0 Å². The van der Waals surface area contributed by atoms with Gasteiger partial charge in [0.25, 0.3) is 11.8 Å². The summed E-state index contributed by atoms with van der Waals surface area (Å²) in [5.41, 5.74) is -3.11. The Morgan fingerprint density at radius 2 is 1.76 bits per heavy atom. The maximum Gasteiger partial charge on any atom is 0.439 e. The second-order valence-corrected chi connectivity index (χ2v) is 6.45. The standard InChI is InChI=1S/C14H14F7N2O2/c15-12(16)2-1-6(3-8(12)24)5-23-7-4-13(17,18)11(25)9(7)10(22-23)14(19,20)21/h5-6,8,11,24-25H,1-4H2/q+1/b23-5-/t6?,8-,11+/m1/s1. The quantitative estimate of drug-likeness (QED) is 0.547. The highest BCUT2D eigenvalue weighted by Crippen LogP contribution is 2.46. The number of hydrogen-bond donors (Lipinski definition) is 2. The SMILES string of the molecule is O[C@@H]1CC(/C=[N+]2\N=C(C(F)(F)F)C3=C2CC(F)(F)[C@H]3O)CCC1(F)F. The van der Waals surface area contributed by atoms with E-state index in [4.69, 9.17) is 0 Å². The van der Waals surface area contributed by atoms with Gasteiger partial charge in [-0.05, 0) is 12.8 Å². The van der Waals surface area contributed by atoms with E-state index >= 15 is 0 Å². The van der Waals surface area contributed by atoms with Crippen LogP contribution in [0.4, 0.5) is 30.7 Å². The first-order valence-corrected chi connectivity index (χ1v) is 7.48. The van der Waals surface area contributed by atoms with Crippen molar-refractivity contribution in [2.75, 3.05) is 0 Å². The number of rotatable bonds is 1. The summed E-state index contributed by atoms with van der Waals surface area (Å²) in [5.74, 6) is -7.83. The van der Waals surface area contributed by atoms with E-state index in [9.17, 15) is 40.9 Å². The van der Waals surface area contributed by atoms with Crippen LogP contribution in [-0.4, -0.2) is 57.1 Å². The molecule has 0 bridgehead atoms. The zero-order chi connectivity index (χ0) is 18.8. The summed E-state index contributed by atoms with van der Waals surface area (Å²) < 4.78 is 93.5. The highest BCUT2D eigenvalue weighted by Gasteiger charge is 2.62. The summed E-state index contributed by atoms with van der Waals surface area (Å²) >= 11 is 0. The zero-order valence-corrected chi connectivity index (χ0v) is 12.6. The molecular formula is C14H14F7N2O2+. The molecule has 2 aliphatic carbocycles. The lowest BCUT2D eigenvalue weighted by atomic mass is 9.85. The molecule has 4 nitrogen and oxygen atoms in total. The lowest BCUT2D eigenvalue weighted by molar-refractivity contribution is -0.480. The number of allylic oxidation sites excluding steroid dienone is 1. The summed E-state index contributed by atoms with van der Waals surface area (Å²) in [4.78, 5) is 0. The molecule has 0 aromatic rings. The number of aliphatic hydroxyl groups is 2. The van der Waals surface area contributed by atoms with Crippen LogP contribution in [0.3, 0.4) is 0 Å². The Balaban J connectivity index is 1.94. The number of nitrogens with zero attached hydrogens (tertiary/aromatic N) is 2. The van der Waals surface area contributed by atoms with E-state index in [1.807, 2.05) is 0 Å². The summed E-state index contributed by atoms with van der Waals surface area (Å²) in [6, 6.07) is 0. The highest BCUT2D eigenvalue weighted by molar-refractivity contribution is 6.06. The van der Waals surface area contributed by atoms with Crippen LogP contribution in [0, 0.1) is 5.92 Å². The van der Waals surface area contributed by atoms with Crippen LogP contribution in [0.5, 0.6) is 0 Å². The van der Waals surface area contributed by atoms with Crippen LogP contribution in [0.1, 0.15) is 25.7 Å². The molecule has 0 amide bonds. The van der Waals surface area contributed by atoms with Gasteiger partial charge in [0.2, 0.25) is 11.4 Å². The van der Waals surface area contributed by atoms with Crippen molar-refractivity contribution in [3.63, 3.8) is 0 Å². The molecule has 1 saturated carbocycles. The number of alkyl halides is 7.